The Kier molecular flexibility index (Phi) is 10.0. The fourth-order valence-corrected chi connectivity index (χ4v) is 3.10. The Morgan fingerprint density at radius 2 is 1.31 bits per heavy atom. The van der Waals surface area contributed by atoms with E-state index in [1.54, 1.807) is 0 Å². The summed E-state index contributed by atoms with van der Waals surface area (Å²) < 4.78 is 26.5. The Morgan fingerprint density at radius 3 is 1.93 bits per heavy atom. The minimum Gasteiger partial charge on any atom is -0.394 e. The van der Waals surface area contributed by atoms with Gasteiger partial charge in [0.2, 0.25) is 0 Å². The highest BCUT2D eigenvalue weighted by atomic mass is 16.7. The van der Waals surface area contributed by atoms with Crippen LogP contribution in [-0.2, 0) is 23.7 Å². The minimum absolute atomic E-state index is 0.0326. The number of aliphatic hydroxyl groups is 7. The molecule has 2 fully saturated rings. The quantitative estimate of drug-likeness (QED) is 0.152. The Morgan fingerprint density at radius 1 is 0.690 bits per heavy atom. The number of hydrogen-bond donors (Lipinski definition) is 8. The van der Waals surface area contributed by atoms with E-state index in [4.69, 9.17) is 29.4 Å². The van der Waals surface area contributed by atoms with Crippen molar-refractivity contribution in [2.45, 2.75) is 61.4 Å². The fourth-order valence-electron chi connectivity index (χ4n) is 3.10. The van der Waals surface area contributed by atoms with Gasteiger partial charge in [-0.25, -0.2) is 0 Å². The van der Waals surface area contributed by atoms with Crippen LogP contribution < -0.4 is 5.73 Å². The van der Waals surface area contributed by atoms with Crippen LogP contribution in [0.4, 0.5) is 0 Å². The lowest BCUT2D eigenvalue weighted by atomic mass is 9.97. The first-order chi connectivity index (χ1) is 13.8. The van der Waals surface area contributed by atoms with Crippen molar-refractivity contribution in [1.82, 2.24) is 0 Å². The van der Waals surface area contributed by atoms with Gasteiger partial charge in [-0.2, -0.15) is 0 Å². The molecule has 0 radical (unpaired) electrons. The van der Waals surface area contributed by atoms with Gasteiger partial charge in [0.15, 0.2) is 12.6 Å². The van der Waals surface area contributed by atoms with Gasteiger partial charge in [-0.05, 0) is 0 Å². The van der Waals surface area contributed by atoms with Gasteiger partial charge in [0.05, 0.1) is 33.0 Å². The van der Waals surface area contributed by atoms with E-state index in [1.165, 1.54) is 0 Å². The van der Waals surface area contributed by atoms with Crippen molar-refractivity contribution < 1.29 is 59.4 Å². The zero-order chi connectivity index (χ0) is 21.6. The molecule has 0 bridgehead atoms. The average Bonchev–Trinajstić information content (AvgIpc) is 2.72. The molecule has 2 aliphatic rings. The summed E-state index contributed by atoms with van der Waals surface area (Å²) in [6.45, 7) is -0.420. The molecule has 13 heteroatoms. The van der Waals surface area contributed by atoms with E-state index < -0.39 is 74.6 Å². The molecule has 2 saturated heterocycles. The molecule has 0 unspecified atom stereocenters. The van der Waals surface area contributed by atoms with Gasteiger partial charge in [0, 0.05) is 6.54 Å². The van der Waals surface area contributed by atoms with Crippen LogP contribution >= 0.6 is 0 Å². The van der Waals surface area contributed by atoms with Crippen LogP contribution in [-0.4, -0.2) is 137 Å². The summed E-state index contributed by atoms with van der Waals surface area (Å²) in [6.07, 6.45) is -14.8. The zero-order valence-corrected chi connectivity index (χ0v) is 15.8. The Bertz CT molecular complexity index is 469. The van der Waals surface area contributed by atoms with Gasteiger partial charge >= 0.3 is 0 Å². The summed E-state index contributed by atoms with van der Waals surface area (Å²) in [6, 6.07) is 0. The largest absolute Gasteiger partial charge is 0.394 e. The molecule has 2 heterocycles. The summed E-state index contributed by atoms with van der Waals surface area (Å²) >= 11 is 0. The van der Waals surface area contributed by atoms with Crippen LogP contribution in [0.3, 0.4) is 0 Å². The normalized spacial score (nSPS) is 43.4. The summed E-state index contributed by atoms with van der Waals surface area (Å²) in [7, 11) is 0. The fraction of sp³-hybridized carbons (Fsp3) is 1.00. The predicted molar refractivity (Wildman–Crippen MR) is 92.2 cm³/mol. The number of aliphatic hydroxyl groups excluding tert-OH is 7. The first-order valence-electron chi connectivity index (χ1n) is 9.33. The molecular weight excluding hydrogens is 398 g/mol. The van der Waals surface area contributed by atoms with Crippen molar-refractivity contribution in [3.8, 4) is 0 Å². The molecule has 13 nitrogen and oxygen atoms in total. The van der Waals surface area contributed by atoms with E-state index >= 15 is 0 Å². The molecule has 0 aromatic rings. The second kappa shape index (κ2) is 11.8. The molecule has 9 N–H and O–H groups in total. The van der Waals surface area contributed by atoms with E-state index in [0.29, 0.717) is 13.2 Å². The number of rotatable bonds is 10. The summed E-state index contributed by atoms with van der Waals surface area (Å²) in [5, 5.41) is 69.2. The van der Waals surface area contributed by atoms with E-state index in [0.717, 1.165) is 0 Å². The molecule has 10 atom stereocenters. The maximum atomic E-state index is 10.4. The lowest BCUT2D eigenvalue weighted by Crippen LogP contribution is -2.64. The average molecular weight is 429 g/mol. The molecule has 0 spiro atoms. The maximum Gasteiger partial charge on any atom is 0.187 e. The van der Waals surface area contributed by atoms with Crippen molar-refractivity contribution in [2.24, 2.45) is 5.73 Å². The lowest BCUT2D eigenvalue weighted by molar-refractivity contribution is -0.359. The standard InChI is InChI=1S/C16H31NO12/c17-1-2-25-3-4-26-15-13(24)11(22)14(8(6-19)28-15)29-16-12(23)10(21)9(20)7(5-18)27-16/h7-16,18-24H,1-6,17H2/t7-,8-,9+,10+,11-,12-,13-,14-,15-,16+/m1/s1. The Hall–Kier alpha value is -0.520. The molecular formula is C16H31NO12. The molecule has 0 aliphatic carbocycles. The van der Waals surface area contributed by atoms with Crippen molar-refractivity contribution in [3.05, 3.63) is 0 Å². The SMILES string of the molecule is NCCOCCO[C@@H]1O[C@H](CO)[C@@H](O[C@@H]2O[C@H](CO)[C@H](O)[C@H](O)[C@H]2O)[C@H](O)[C@H]1O. The molecule has 0 amide bonds. The van der Waals surface area contributed by atoms with Crippen molar-refractivity contribution in [3.63, 3.8) is 0 Å². The van der Waals surface area contributed by atoms with Crippen LogP contribution in [0.5, 0.6) is 0 Å². The van der Waals surface area contributed by atoms with E-state index in [1.807, 2.05) is 0 Å². The van der Waals surface area contributed by atoms with Crippen LogP contribution in [0.2, 0.25) is 0 Å². The Labute approximate surface area is 167 Å². The highest BCUT2D eigenvalue weighted by molar-refractivity contribution is 4.94. The lowest BCUT2D eigenvalue weighted by Gasteiger charge is -2.45. The molecule has 172 valence electrons. The van der Waals surface area contributed by atoms with Crippen LogP contribution in [0.1, 0.15) is 0 Å². The first-order valence-corrected chi connectivity index (χ1v) is 9.33. The van der Waals surface area contributed by atoms with Crippen LogP contribution in [0, 0.1) is 0 Å². The van der Waals surface area contributed by atoms with E-state index in [-0.39, 0.29) is 13.2 Å². The monoisotopic (exact) mass is 429 g/mol. The summed E-state index contributed by atoms with van der Waals surface area (Å²) in [5.74, 6) is 0. The highest BCUT2D eigenvalue weighted by Crippen LogP contribution is 2.29. The van der Waals surface area contributed by atoms with Gasteiger partial charge in [-0.15, -0.1) is 0 Å². The third-order valence-corrected chi connectivity index (χ3v) is 4.73. The van der Waals surface area contributed by atoms with Gasteiger partial charge < -0.3 is 65.2 Å². The molecule has 2 aliphatic heterocycles. The number of nitrogens with two attached hydrogens (primary N) is 1. The summed E-state index contributed by atoms with van der Waals surface area (Å²) in [4.78, 5) is 0. The van der Waals surface area contributed by atoms with E-state index in [2.05, 4.69) is 0 Å². The second-order valence-electron chi connectivity index (χ2n) is 6.78. The maximum absolute atomic E-state index is 10.4. The third-order valence-electron chi connectivity index (χ3n) is 4.73. The second-order valence-corrected chi connectivity index (χ2v) is 6.78. The Balaban J connectivity index is 1.98. The molecule has 0 saturated carbocycles. The van der Waals surface area contributed by atoms with Gasteiger partial charge in [0.25, 0.3) is 0 Å². The molecule has 29 heavy (non-hydrogen) atoms. The topological polar surface area (TPSA) is 214 Å². The van der Waals surface area contributed by atoms with Crippen molar-refractivity contribution in [1.29, 1.82) is 0 Å². The number of ether oxygens (including phenoxy) is 5. The number of hydrogen-bond acceptors (Lipinski definition) is 13. The minimum atomic E-state index is -1.72. The van der Waals surface area contributed by atoms with Crippen molar-refractivity contribution >= 4 is 0 Å². The van der Waals surface area contributed by atoms with Gasteiger partial charge in [-0.3, -0.25) is 0 Å². The first kappa shape index (κ1) is 24.7. The van der Waals surface area contributed by atoms with E-state index in [9.17, 15) is 35.7 Å². The van der Waals surface area contributed by atoms with Crippen molar-refractivity contribution in [2.75, 3.05) is 39.6 Å². The molecule has 2 rings (SSSR count). The molecule has 0 aromatic carbocycles. The van der Waals surface area contributed by atoms with Crippen LogP contribution in [0.25, 0.3) is 0 Å². The highest BCUT2D eigenvalue weighted by Gasteiger charge is 2.50. The third kappa shape index (κ3) is 6.01. The molecule has 0 aromatic heterocycles. The zero-order valence-electron chi connectivity index (χ0n) is 15.8. The predicted octanol–water partition coefficient (Wildman–Crippen LogP) is -5.40. The van der Waals surface area contributed by atoms with Gasteiger partial charge in [-0.1, -0.05) is 0 Å². The van der Waals surface area contributed by atoms with Gasteiger partial charge in [0.1, 0.15) is 48.8 Å². The van der Waals surface area contributed by atoms with Crippen LogP contribution in [0.15, 0.2) is 0 Å². The smallest absolute Gasteiger partial charge is 0.187 e. The summed E-state index contributed by atoms with van der Waals surface area (Å²) in [5.41, 5.74) is 5.29.